The number of likely N-dealkylation sites (N-methyl/N-ethyl adjacent to an activating group) is 1. The van der Waals surface area contributed by atoms with Crippen molar-refractivity contribution < 1.29 is 16.4 Å². The lowest BCUT2D eigenvalue weighted by molar-refractivity contribution is -0.288. The van der Waals surface area contributed by atoms with E-state index in [0.29, 0.717) is 5.78 Å². The molecule has 0 spiro atoms. The highest BCUT2D eigenvalue weighted by Gasteiger charge is 2.20. The van der Waals surface area contributed by atoms with E-state index in [9.17, 15) is 4.79 Å². The molecule has 0 saturated carbocycles. The molecule has 1 aromatic carbocycles. The topological polar surface area (TPSA) is 33.4 Å². The summed E-state index contributed by atoms with van der Waals surface area (Å²) in [6.07, 6.45) is 0. The van der Waals surface area contributed by atoms with Crippen LogP contribution in [-0.4, -0.2) is 23.7 Å². The van der Waals surface area contributed by atoms with E-state index in [1.165, 1.54) is 0 Å². The van der Waals surface area contributed by atoms with Crippen molar-refractivity contribution in [1.82, 2.24) is 5.32 Å². The Morgan fingerprint density at radius 2 is 2.23 bits per heavy atom. The zero-order chi connectivity index (χ0) is 9.84. The maximum absolute atomic E-state index is 9.72. The van der Waals surface area contributed by atoms with Crippen molar-refractivity contribution in [3.63, 3.8) is 0 Å². The summed E-state index contributed by atoms with van der Waals surface area (Å²) in [5, 5.41) is 3.70. The Hall–Kier alpha value is -0.860. The Labute approximate surface area is 82.9 Å². The van der Waals surface area contributed by atoms with E-state index in [4.69, 9.17) is 11.6 Å². The summed E-state index contributed by atoms with van der Waals surface area (Å²) < 4.78 is 0. The third kappa shape index (κ3) is 2.54. The molecule has 0 aliphatic carbocycles. The Bertz CT molecular complexity index is 312. The van der Waals surface area contributed by atoms with E-state index in [0.717, 1.165) is 10.6 Å². The largest absolute Gasteiger partial charge is 0.340 e. The van der Waals surface area contributed by atoms with Crippen molar-refractivity contribution in [3.05, 3.63) is 34.9 Å². The van der Waals surface area contributed by atoms with E-state index in [-0.39, 0.29) is 6.04 Å². The fourth-order valence-corrected chi connectivity index (χ4v) is 1.25. The first-order chi connectivity index (χ1) is 6.15. The summed E-state index contributed by atoms with van der Waals surface area (Å²) in [6.45, 7) is 1.89. The van der Waals surface area contributed by atoms with Crippen molar-refractivity contribution >= 4 is 5.78 Å². The minimum atomic E-state index is -0.0446. The monoisotopic (exact) mass is 199 g/mol. The molecule has 0 aliphatic rings. The van der Waals surface area contributed by atoms with Crippen molar-refractivity contribution in [1.29, 1.82) is 0 Å². The molecule has 13 heavy (non-hydrogen) atoms. The van der Waals surface area contributed by atoms with Gasteiger partial charge in [-0.1, -0.05) is 6.07 Å². The minimum absolute atomic E-state index is 0.0446. The zero-order valence-corrected chi connectivity index (χ0v) is 8.56. The first-order valence-corrected chi connectivity index (χ1v) is 4.56. The minimum Gasteiger partial charge on any atom is -0.306 e. The third-order valence-electron chi connectivity index (χ3n) is 1.97. The molecule has 3 heteroatoms. The molecule has 0 unspecified atom stereocenters. The molecule has 1 aromatic rings. The van der Waals surface area contributed by atoms with Gasteiger partial charge in [-0.2, -0.15) is 0 Å². The Morgan fingerprint density at radius 3 is 2.77 bits per heavy atom. The predicted molar refractivity (Wildman–Crippen MR) is 51.6 cm³/mol. The third-order valence-corrected chi connectivity index (χ3v) is 2.23. The molecule has 0 aromatic heterocycles. The second-order valence-corrected chi connectivity index (χ2v) is 3.39. The fourth-order valence-electron chi connectivity index (χ4n) is 1.04. The molecular formula is C10H14ClNO+2. The van der Waals surface area contributed by atoms with Gasteiger partial charge in [-0.05, 0) is 20.0 Å². The second-order valence-electron chi connectivity index (χ2n) is 2.92. The molecule has 0 heterocycles. The van der Waals surface area contributed by atoms with Gasteiger partial charge in [-0.15, -0.1) is 0 Å². The van der Waals surface area contributed by atoms with Crippen LogP contribution in [0.2, 0.25) is 5.02 Å². The van der Waals surface area contributed by atoms with Crippen LogP contribution in [0.15, 0.2) is 24.3 Å². The summed E-state index contributed by atoms with van der Waals surface area (Å²) in [5.41, 5.74) is 0.786. The van der Waals surface area contributed by atoms with Crippen LogP contribution >= 0.6 is 0 Å². The van der Waals surface area contributed by atoms with Crippen LogP contribution in [0.5, 0.6) is 0 Å². The van der Waals surface area contributed by atoms with Crippen LogP contribution in [0, 0.1) is 11.6 Å². The van der Waals surface area contributed by atoms with Gasteiger partial charge in [0.25, 0.3) is 0 Å². The first kappa shape index (κ1) is 10.2. The average Bonchev–Trinajstić information content (AvgIpc) is 2.15. The molecular weight excluding hydrogens is 186 g/mol. The summed E-state index contributed by atoms with van der Waals surface area (Å²) in [7, 11) is 1.80. The molecule has 2 N–H and O–H groups in total. The van der Waals surface area contributed by atoms with Gasteiger partial charge in [0, 0.05) is 12.1 Å². The lowest BCUT2D eigenvalue weighted by atomic mass is 10.1. The Kier molecular flexibility index (Phi) is 3.46. The normalized spacial score (nSPS) is 12.5. The molecule has 70 valence electrons. The van der Waals surface area contributed by atoms with E-state index in [1.54, 1.807) is 13.1 Å². The maximum atomic E-state index is 9.72. The Morgan fingerprint density at radius 1 is 1.54 bits per heavy atom. The van der Waals surface area contributed by atoms with E-state index in [1.807, 2.05) is 25.1 Å². The SMILES string of the molecule is CN[C@@H](C)C(=[OH+])c1cccc([ClH+])c1. The molecule has 0 radical (unpaired) electrons. The quantitative estimate of drug-likeness (QED) is 0.569. The number of hydrogen-bond acceptors (Lipinski definition) is 1. The van der Waals surface area contributed by atoms with Gasteiger partial charge in [0.15, 0.2) is 11.6 Å². The molecule has 0 fully saturated rings. The maximum Gasteiger partial charge on any atom is 0.340 e. The van der Waals surface area contributed by atoms with Crippen LogP contribution in [0.3, 0.4) is 0 Å². The summed E-state index contributed by atoms with van der Waals surface area (Å²) in [6, 6.07) is 7.26. The number of hydrogen-bond donors (Lipinski definition) is 1. The van der Waals surface area contributed by atoms with Crippen LogP contribution in [0.4, 0.5) is 0 Å². The molecule has 0 amide bonds. The molecule has 2 nitrogen and oxygen atoms in total. The average molecular weight is 200 g/mol. The van der Waals surface area contributed by atoms with Crippen LogP contribution in [0.1, 0.15) is 12.5 Å². The van der Waals surface area contributed by atoms with Crippen LogP contribution in [-0.2, 0) is 0 Å². The van der Waals surface area contributed by atoms with Gasteiger partial charge in [0.1, 0.15) is 6.04 Å². The second kappa shape index (κ2) is 4.40. The van der Waals surface area contributed by atoms with Crippen LogP contribution < -0.4 is 5.32 Å². The van der Waals surface area contributed by atoms with Gasteiger partial charge >= 0.3 is 5.78 Å². The lowest BCUT2D eigenvalue weighted by Crippen LogP contribution is -2.31. The summed E-state index contributed by atoms with van der Waals surface area (Å²) in [5.74, 6) is 0.328. The lowest BCUT2D eigenvalue weighted by Gasteiger charge is -2.02. The fraction of sp³-hybridized carbons (Fsp3) is 0.300. The van der Waals surface area contributed by atoms with Gasteiger partial charge in [-0.25, -0.2) is 0 Å². The Balaban J connectivity index is 2.89. The highest BCUT2D eigenvalue weighted by molar-refractivity contribution is 6.00. The summed E-state index contributed by atoms with van der Waals surface area (Å²) >= 11 is 5.00. The van der Waals surface area contributed by atoms with Crippen molar-refractivity contribution in [2.75, 3.05) is 7.05 Å². The van der Waals surface area contributed by atoms with Gasteiger partial charge in [-0.3, -0.25) is 4.79 Å². The number of ketones is 1. The number of halogens is 1. The molecule has 1 atom stereocenters. The number of benzene rings is 1. The highest BCUT2D eigenvalue weighted by Crippen LogP contribution is 2.07. The standard InChI is InChI=1S/C10H13ClNO/c1-7(12-2)10(13)8-4-3-5-9(11)6-8/h3-7,11-12H,1-2H3/q+1/p+1/t7-/m0/s1. The van der Waals surface area contributed by atoms with Crippen molar-refractivity contribution in [2.45, 2.75) is 13.0 Å². The van der Waals surface area contributed by atoms with Crippen molar-refractivity contribution in [2.24, 2.45) is 0 Å². The molecule has 0 bridgehead atoms. The molecule has 0 saturated heterocycles. The van der Waals surface area contributed by atoms with E-state index < -0.39 is 0 Å². The van der Waals surface area contributed by atoms with Gasteiger partial charge in [0.2, 0.25) is 5.02 Å². The number of nitrogens with one attached hydrogen (secondary N) is 1. The van der Waals surface area contributed by atoms with E-state index >= 15 is 0 Å². The zero-order valence-electron chi connectivity index (χ0n) is 7.74. The molecule has 1 rings (SSSR count). The molecule has 0 aliphatic heterocycles. The van der Waals surface area contributed by atoms with Gasteiger partial charge in [0.05, 0.1) is 5.56 Å². The van der Waals surface area contributed by atoms with Gasteiger partial charge < -0.3 is 5.32 Å². The van der Waals surface area contributed by atoms with Crippen molar-refractivity contribution in [3.8, 4) is 0 Å². The predicted octanol–water partition coefficient (Wildman–Crippen LogP) is 0.884. The highest BCUT2D eigenvalue weighted by atomic mass is 35.5. The number of carbonyl (C=O) groups excluding carboxylic acids is 1. The smallest absolute Gasteiger partial charge is 0.306 e. The van der Waals surface area contributed by atoms with E-state index in [2.05, 4.69) is 5.32 Å². The van der Waals surface area contributed by atoms with Crippen LogP contribution in [0.25, 0.3) is 0 Å². The first-order valence-electron chi connectivity index (χ1n) is 4.15. The summed E-state index contributed by atoms with van der Waals surface area (Å²) in [4.78, 5) is 9.72. The number of rotatable bonds is 3.